The van der Waals surface area contributed by atoms with E-state index in [0.717, 1.165) is 13.1 Å². The maximum atomic E-state index is 4.31. The molecule has 12 heavy (non-hydrogen) atoms. The van der Waals surface area contributed by atoms with Gasteiger partial charge in [0.2, 0.25) is 0 Å². The van der Waals surface area contributed by atoms with Gasteiger partial charge in [0.25, 0.3) is 0 Å². The lowest BCUT2D eigenvalue weighted by molar-refractivity contribution is 0.234. The van der Waals surface area contributed by atoms with E-state index in [9.17, 15) is 0 Å². The van der Waals surface area contributed by atoms with Crippen molar-refractivity contribution < 1.29 is 0 Å². The Labute approximate surface area is 78.2 Å². The number of hydrogen-bond donors (Lipinski definition) is 0. The van der Waals surface area contributed by atoms with E-state index in [1.807, 2.05) is 11.6 Å². The van der Waals surface area contributed by atoms with Gasteiger partial charge in [0.1, 0.15) is 5.01 Å². The van der Waals surface area contributed by atoms with Crippen LogP contribution in [0, 0.1) is 0 Å². The zero-order valence-electron chi connectivity index (χ0n) is 7.95. The summed E-state index contributed by atoms with van der Waals surface area (Å²) in [6.07, 6.45) is 1.88. The van der Waals surface area contributed by atoms with E-state index in [0.29, 0.717) is 6.04 Å². The second kappa shape index (κ2) is 4.58. The Morgan fingerprint density at radius 2 is 2.17 bits per heavy atom. The fraction of sp³-hybridized carbons (Fsp3) is 0.667. The quantitative estimate of drug-likeness (QED) is 0.715. The second-order valence-corrected chi connectivity index (χ2v) is 3.69. The first kappa shape index (κ1) is 9.68. The second-order valence-electron chi connectivity index (χ2n) is 2.77. The van der Waals surface area contributed by atoms with E-state index in [1.54, 1.807) is 11.3 Å². The first-order valence-electron chi connectivity index (χ1n) is 4.43. The standard InChI is InChI=1S/C9H16N2S/c1-4-11(5-2)8(3)9-10-6-7-12-9/h6-8H,4-5H2,1-3H3. The Morgan fingerprint density at radius 1 is 1.50 bits per heavy atom. The SMILES string of the molecule is CCN(CC)C(C)c1nccs1. The zero-order chi connectivity index (χ0) is 8.97. The third-order valence-corrected chi connectivity index (χ3v) is 3.11. The molecule has 1 atom stereocenters. The van der Waals surface area contributed by atoms with Crippen LogP contribution in [-0.2, 0) is 0 Å². The highest BCUT2D eigenvalue weighted by Gasteiger charge is 2.13. The van der Waals surface area contributed by atoms with Crippen molar-refractivity contribution in [2.45, 2.75) is 26.8 Å². The third-order valence-electron chi connectivity index (χ3n) is 2.17. The highest BCUT2D eigenvalue weighted by molar-refractivity contribution is 7.09. The van der Waals surface area contributed by atoms with Gasteiger partial charge in [-0.15, -0.1) is 11.3 Å². The Kier molecular flexibility index (Phi) is 3.69. The molecule has 0 spiro atoms. The number of rotatable bonds is 4. The first-order valence-corrected chi connectivity index (χ1v) is 5.31. The van der Waals surface area contributed by atoms with Crippen molar-refractivity contribution in [1.29, 1.82) is 0 Å². The average molecular weight is 184 g/mol. The topological polar surface area (TPSA) is 16.1 Å². The smallest absolute Gasteiger partial charge is 0.109 e. The van der Waals surface area contributed by atoms with Crippen LogP contribution in [0.15, 0.2) is 11.6 Å². The fourth-order valence-corrected chi connectivity index (χ4v) is 2.10. The summed E-state index contributed by atoms with van der Waals surface area (Å²) in [5.41, 5.74) is 0. The zero-order valence-corrected chi connectivity index (χ0v) is 8.77. The van der Waals surface area contributed by atoms with Gasteiger partial charge in [0.05, 0.1) is 6.04 Å². The van der Waals surface area contributed by atoms with E-state index in [2.05, 4.69) is 30.7 Å². The minimum atomic E-state index is 0.472. The van der Waals surface area contributed by atoms with Gasteiger partial charge in [0.15, 0.2) is 0 Å². The molecule has 2 nitrogen and oxygen atoms in total. The molecule has 0 aliphatic rings. The van der Waals surface area contributed by atoms with Crippen LogP contribution >= 0.6 is 11.3 Å². The van der Waals surface area contributed by atoms with Gasteiger partial charge in [-0.1, -0.05) is 13.8 Å². The van der Waals surface area contributed by atoms with Crippen LogP contribution in [-0.4, -0.2) is 23.0 Å². The van der Waals surface area contributed by atoms with Crippen molar-refractivity contribution in [2.75, 3.05) is 13.1 Å². The summed E-state index contributed by atoms with van der Waals surface area (Å²) in [5.74, 6) is 0. The van der Waals surface area contributed by atoms with Crippen LogP contribution in [0.1, 0.15) is 31.8 Å². The lowest BCUT2D eigenvalue weighted by Crippen LogP contribution is -2.26. The number of hydrogen-bond acceptors (Lipinski definition) is 3. The predicted molar refractivity (Wildman–Crippen MR) is 53.5 cm³/mol. The van der Waals surface area contributed by atoms with Crippen LogP contribution in [0.3, 0.4) is 0 Å². The van der Waals surface area contributed by atoms with Gasteiger partial charge < -0.3 is 0 Å². The fourth-order valence-electron chi connectivity index (χ4n) is 1.37. The maximum Gasteiger partial charge on any atom is 0.109 e. The van der Waals surface area contributed by atoms with Gasteiger partial charge in [-0.3, -0.25) is 4.90 Å². The molecule has 0 bridgehead atoms. The lowest BCUT2D eigenvalue weighted by atomic mass is 10.3. The summed E-state index contributed by atoms with van der Waals surface area (Å²) in [5, 5.41) is 3.26. The molecule has 0 aromatic carbocycles. The van der Waals surface area contributed by atoms with Crippen molar-refractivity contribution >= 4 is 11.3 Å². The molecule has 0 amide bonds. The molecule has 3 heteroatoms. The molecular formula is C9H16N2S. The van der Waals surface area contributed by atoms with Crippen molar-refractivity contribution in [3.8, 4) is 0 Å². The van der Waals surface area contributed by atoms with Crippen LogP contribution in [0.25, 0.3) is 0 Å². The van der Waals surface area contributed by atoms with Crippen LogP contribution in [0.5, 0.6) is 0 Å². The van der Waals surface area contributed by atoms with Gasteiger partial charge >= 0.3 is 0 Å². The van der Waals surface area contributed by atoms with E-state index in [1.165, 1.54) is 5.01 Å². The highest BCUT2D eigenvalue weighted by Crippen LogP contribution is 2.20. The Morgan fingerprint density at radius 3 is 2.58 bits per heavy atom. The van der Waals surface area contributed by atoms with E-state index in [-0.39, 0.29) is 0 Å². The molecule has 1 rings (SSSR count). The molecule has 1 aromatic heterocycles. The molecule has 0 fully saturated rings. The first-order chi connectivity index (χ1) is 5.79. The lowest BCUT2D eigenvalue weighted by Gasteiger charge is -2.24. The highest BCUT2D eigenvalue weighted by atomic mass is 32.1. The molecule has 1 unspecified atom stereocenters. The minimum Gasteiger partial charge on any atom is -0.295 e. The summed E-state index contributed by atoms with van der Waals surface area (Å²) in [6, 6.07) is 0.472. The van der Waals surface area contributed by atoms with Crippen LogP contribution in [0.4, 0.5) is 0 Å². The van der Waals surface area contributed by atoms with Crippen molar-refractivity contribution in [1.82, 2.24) is 9.88 Å². The molecule has 1 heterocycles. The molecule has 0 saturated heterocycles. The van der Waals surface area contributed by atoms with Gasteiger partial charge in [-0.25, -0.2) is 4.98 Å². The monoisotopic (exact) mass is 184 g/mol. The molecule has 68 valence electrons. The normalized spacial score (nSPS) is 13.7. The Hall–Kier alpha value is -0.410. The molecule has 1 aromatic rings. The van der Waals surface area contributed by atoms with Crippen molar-refractivity contribution in [3.05, 3.63) is 16.6 Å². The van der Waals surface area contributed by atoms with Gasteiger partial charge in [0, 0.05) is 11.6 Å². The molecule has 0 N–H and O–H groups in total. The summed E-state index contributed by atoms with van der Waals surface area (Å²) in [4.78, 5) is 6.71. The Balaban J connectivity index is 2.63. The van der Waals surface area contributed by atoms with Gasteiger partial charge in [-0.05, 0) is 20.0 Å². The molecule has 0 aliphatic heterocycles. The Bertz CT molecular complexity index is 204. The number of nitrogens with zero attached hydrogens (tertiary/aromatic N) is 2. The largest absolute Gasteiger partial charge is 0.295 e. The summed E-state index contributed by atoms with van der Waals surface area (Å²) >= 11 is 1.74. The predicted octanol–water partition coefficient (Wildman–Crippen LogP) is 2.55. The van der Waals surface area contributed by atoms with Crippen LogP contribution in [0.2, 0.25) is 0 Å². The van der Waals surface area contributed by atoms with Crippen molar-refractivity contribution in [2.24, 2.45) is 0 Å². The summed E-state index contributed by atoms with van der Waals surface area (Å²) in [7, 11) is 0. The molecule has 0 radical (unpaired) electrons. The van der Waals surface area contributed by atoms with E-state index < -0.39 is 0 Å². The van der Waals surface area contributed by atoms with Gasteiger partial charge in [-0.2, -0.15) is 0 Å². The average Bonchev–Trinajstić information content (AvgIpc) is 2.58. The van der Waals surface area contributed by atoms with Crippen LogP contribution < -0.4 is 0 Å². The summed E-state index contributed by atoms with van der Waals surface area (Å²) < 4.78 is 0. The number of aromatic nitrogens is 1. The molecular weight excluding hydrogens is 168 g/mol. The molecule has 0 saturated carbocycles. The summed E-state index contributed by atoms with van der Waals surface area (Å²) in [6.45, 7) is 8.78. The maximum absolute atomic E-state index is 4.31. The number of thiazole rings is 1. The molecule has 0 aliphatic carbocycles. The third kappa shape index (κ3) is 2.05. The van der Waals surface area contributed by atoms with E-state index >= 15 is 0 Å². The van der Waals surface area contributed by atoms with Crippen molar-refractivity contribution in [3.63, 3.8) is 0 Å². The minimum absolute atomic E-state index is 0.472. The van der Waals surface area contributed by atoms with E-state index in [4.69, 9.17) is 0 Å².